The first-order valence-corrected chi connectivity index (χ1v) is 27.2. The largest absolute Gasteiger partial charge is 0.472 e. The predicted molar refractivity (Wildman–Crippen MR) is 267 cm³/mol. The smallest absolute Gasteiger partial charge is 0.387 e. The van der Waals surface area contributed by atoms with Gasteiger partial charge in [-0.25, -0.2) is 4.57 Å². The number of phosphoric acid groups is 1. The van der Waals surface area contributed by atoms with Crippen LogP contribution >= 0.6 is 7.82 Å². The van der Waals surface area contributed by atoms with Crippen molar-refractivity contribution in [2.24, 2.45) is 0 Å². The zero-order chi connectivity index (χ0) is 45.7. The van der Waals surface area contributed by atoms with Gasteiger partial charge in [-0.1, -0.05) is 209 Å². The minimum absolute atomic E-state index is 0.0547. The van der Waals surface area contributed by atoms with Crippen molar-refractivity contribution in [2.75, 3.05) is 40.9 Å². The van der Waals surface area contributed by atoms with Gasteiger partial charge in [0, 0.05) is 6.42 Å². The fourth-order valence-electron chi connectivity index (χ4n) is 7.13. The molecule has 0 heterocycles. The second kappa shape index (κ2) is 44.4. The summed E-state index contributed by atoms with van der Waals surface area (Å²) in [6.07, 6.45) is 59.3. The molecule has 3 N–H and O–H groups in total. The Balaban J connectivity index is 3.90. The first-order chi connectivity index (χ1) is 30.0. The Morgan fingerprint density at radius 2 is 0.968 bits per heavy atom. The van der Waals surface area contributed by atoms with E-state index < -0.39 is 20.0 Å². The van der Waals surface area contributed by atoms with Gasteiger partial charge in [0.2, 0.25) is 5.91 Å². The summed E-state index contributed by atoms with van der Waals surface area (Å²) in [5.74, 6) is -0.192. The number of aliphatic hydroxyl groups is 1. The molecule has 8 nitrogen and oxygen atoms in total. The van der Waals surface area contributed by atoms with Crippen LogP contribution in [-0.2, 0) is 18.4 Å². The molecule has 362 valence electrons. The second-order valence-corrected chi connectivity index (χ2v) is 20.0. The number of hydrogen-bond donors (Lipinski definition) is 3. The summed E-state index contributed by atoms with van der Waals surface area (Å²) in [6.45, 7) is 4.67. The van der Waals surface area contributed by atoms with E-state index in [9.17, 15) is 19.4 Å². The molecule has 0 aliphatic rings. The number of likely N-dealkylation sites (N-methyl/N-ethyl adjacent to an activating group) is 1. The van der Waals surface area contributed by atoms with E-state index >= 15 is 0 Å². The Morgan fingerprint density at radius 3 is 1.45 bits per heavy atom. The van der Waals surface area contributed by atoms with E-state index in [1.165, 1.54) is 141 Å². The summed E-state index contributed by atoms with van der Waals surface area (Å²) in [5, 5.41) is 13.7. The van der Waals surface area contributed by atoms with Crippen molar-refractivity contribution in [2.45, 2.75) is 231 Å². The van der Waals surface area contributed by atoms with Crippen LogP contribution in [0, 0.1) is 0 Å². The van der Waals surface area contributed by atoms with Gasteiger partial charge in [0.25, 0.3) is 0 Å². The van der Waals surface area contributed by atoms with Crippen LogP contribution < -0.4 is 5.32 Å². The zero-order valence-corrected chi connectivity index (χ0v) is 42.0. The molecule has 9 heteroatoms. The molecule has 0 fully saturated rings. The Bertz CT molecular complexity index is 1190. The number of hydrogen-bond acceptors (Lipinski definition) is 5. The topological polar surface area (TPSA) is 105 Å². The van der Waals surface area contributed by atoms with Gasteiger partial charge in [0.1, 0.15) is 13.2 Å². The third-order valence-electron chi connectivity index (χ3n) is 11.2. The highest BCUT2D eigenvalue weighted by Crippen LogP contribution is 2.43. The molecule has 0 aliphatic heterocycles. The number of carbonyl (C=O) groups is 1. The molecule has 0 rings (SSSR count). The van der Waals surface area contributed by atoms with Gasteiger partial charge >= 0.3 is 7.82 Å². The standard InChI is InChI=1S/C53H99N2O6P/c1-6-8-10-12-14-15-16-17-18-19-20-21-22-23-24-25-26-27-28-29-30-31-32-33-34-35-36-37-38-39-41-43-45-47-53(57)54-51(52(56)46-44-42-40-13-11-9-7-2)50-61-62(58,59)60-49-48-55(3,4)5/h11,13,16-17,19-20,22-23,44,46,51-52,56H,6-10,12,14-15,18,21,24-43,45,47-50H2,1-5H3,(H-,54,57,58,59)/p+1/b13-11+,17-16-,20-19-,23-22-,46-44+. The molecule has 3 unspecified atom stereocenters. The normalized spacial score (nSPS) is 14.6. The maximum Gasteiger partial charge on any atom is 0.472 e. The van der Waals surface area contributed by atoms with Crippen LogP contribution in [0.25, 0.3) is 0 Å². The summed E-state index contributed by atoms with van der Waals surface area (Å²) in [7, 11) is 1.55. The number of unbranched alkanes of at least 4 members (excludes halogenated alkanes) is 25. The zero-order valence-electron chi connectivity index (χ0n) is 41.1. The fraction of sp³-hybridized carbons (Fsp3) is 0.792. The van der Waals surface area contributed by atoms with E-state index in [0.717, 1.165) is 57.8 Å². The van der Waals surface area contributed by atoms with Crippen LogP contribution in [0.15, 0.2) is 60.8 Å². The minimum atomic E-state index is -4.34. The lowest BCUT2D eigenvalue weighted by Crippen LogP contribution is -2.45. The molecule has 0 radical (unpaired) electrons. The van der Waals surface area contributed by atoms with Gasteiger partial charge in [-0.05, 0) is 64.2 Å². The molecule has 1 amide bonds. The number of carbonyl (C=O) groups excluding carboxylic acids is 1. The van der Waals surface area contributed by atoms with Crippen LogP contribution in [0.4, 0.5) is 0 Å². The molecule has 0 aliphatic carbocycles. The third kappa shape index (κ3) is 46.2. The SMILES string of the molecule is CCC/C=C/CC/C=C/C(O)C(COP(=O)(O)OCC[N+](C)(C)C)NC(=O)CCCCCCCCCCCCCCCCCCCC/C=C\C/C=C\C/C=C\CCCCCCC. The van der Waals surface area contributed by atoms with Crippen LogP contribution in [0.3, 0.4) is 0 Å². The number of nitrogens with one attached hydrogen (secondary N) is 1. The Hall–Kier alpha value is -1.80. The number of rotatable bonds is 46. The number of aliphatic hydroxyl groups excluding tert-OH is 1. The van der Waals surface area contributed by atoms with Gasteiger partial charge in [-0.15, -0.1) is 0 Å². The van der Waals surface area contributed by atoms with Crippen molar-refractivity contribution >= 4 is 13.7 Å². The summed E-state index contributed by atoms with van der Waals surface area (Å²) in [6, 6.07) is -0.860. The summed E-state index contributed by atoms with van der Waals surface area (Å²) < 4.78 is 23.4. The molecular formula is C53H100N2O6P+. The molecule has 0 spiro atoms. The Kier molecular flexibility index (Phi) is 43.1. The molecule has 62 heavy (non-hydrogen) atoms. The lowest BCUT2D eigenvalue weighted by Gasteiger charge is -2.25. The van der Waals surface area contributed by atoms with E-state index in [1.54, 1.807) is 6.08 Å². The quantitative estimate of drug-likeness (QED) is 0.0243. The van der Waals surface area contributed by atoms with Gasteiger partial charge < -0.3 is 19.8 Å². The number of phosphoric ester groups is 1. The van der Waals surface area contributed by atoms with E-state index in [4.69, 9.17) is 9.05 Å². The molecule has 0 saturated heterocycles. The lowest BCUT2D eigenvalue weighted by molar-refractivity contribution is -0.870. The summed E-state index contributed by atoms with van der Waals surface area (Å²) >= 11 is 0. The average Bonchev–Trinajstić information content (AvgIpc) is 3.23. The Morgan fingerprint density at radius 1 is 0.548 bits per heavy atom. The summed E-state index contributed by atoms with van der Waals surface area (Å²) in [4.78, 5) is 23.0. The second-order valence-electron chi connectivity index (χ2n) is 18.5. The number of nitrogens with zero attached hydrogens (tertiary/aromatic N) is 1. The molecule has 0 aromatic carbocycles. The number of allylic oxidation sites excluding steroid dienone is 9. The minimum Gasteiger partial charge on any atom is -0.387 e. The highest BCUT2D eigenvalue weighted by atomic mass is 31.2. The maximum absolute atomic E-state index is 12.8. The first-order valence-electron chi connectivity index (χ1n) is 25.7. The summed E-state index contributed by atoms with van der Waals surface area (Å²) in [5.41, 5.74) is 0. The van der Waals surface area contributed by atoms with Crippen LogP contribution in [0.2, 0.25) is 0 Å². The first kappa shape index (κ1) is 60.2. The van der Waals surface area contributed by atoms with E-state index in [1.807, 2.05) is 27.2 Å². The number of amides is 1. The highest BCUT2D eigenvalue weighted by molar-refractivity contribution is 7.47. The van der Waals surface area contributed by atoms with Crippen molar-refractivity contribution < 1.29 is 32.9 Å². The number of quaternary nitrogens is 1. The fourth-order valence-corrected chi connectivity index (χ4v) is 7.87. The third-order valence-corrected chi connectivity index (χ3v) is 12.2. The molecule has 0 bridgehead atoms. The van der Waals surface area contributed by atoms with E-state index in [2.05, 4.69) is 67.8 Å². The average molecular weight is 892 g/mol. The van der Waals surface area contributed by atoms with Crippen molar-refractivity contribution in [3.63, 3.8) is 0 Å². The molecule has 0 aromatic heterocycles. The maximum atomic E-state index is 12.8. The van der Waals surface area contributed by atoms with Gasteiger partial charge in [0.15, 0.2) is 0 Å². The molecule has 3 atom stereocenters. The van der Waals surface area contributed by atoms with E-state index in [0.29, 0.717) is 17.4 Å². The highest BCUT2D eigenvalue weighted by Gasteiger charge is 2.27. The molecular weight excluding hydrogens is 792 g/mol. The van der Waals surface area contributed by atoms with Crippen molar-refractivity contribution in [3.05, 3.63) is 60.8 Å². The van der Waals surface area contributed by atoms with E-state index in [-0.39, 0.29) is 19.1 Å². The lowest BCUT2D eigenvalue weighted by atomic mass is 10.0. The van der Waals surface area contributed by atoms with Crippen LogP contribution in [0.1, 0.15) is 219 Å². The van der Waals surface area contributed by atoms with Crippen LogP contribution in [-0.4, -0.2) is 73.4 Å². The monoisotopic (exact) mass is 892 g/mol. The Labute approximate surface area is 383 Å². The van der Waals surface area contributed by atoms with Crippen molar-refractivity contribution in [1.82, 2.24) is 5.32 Å². The van der Waals surface area contributed by atoms with Gasteiger partial charge in [-0.2, -0.15) is 0 Å². The molecule has 0 saturated carbocycles. The van der Waals surface area contributed by atoms with Crippen molar-refractivity contribution in [3.8, 4) is 0 Å². The van der Waals surface area contributed by atoms with Crippen LogP contribution in [0.5, 0.6) is 0 Å². The van der Waals surface area contributed by atoms with Gasteiger partial charge in [0.05, 0.1) is 39.9 Å². The molecule has 0 aromatic rings. The van der Waals surface area contributed by atoms with Crippen molar-refractivity contribution in [1.29, 1.82) is 0 Å². The predicted octanol–water partition coefficient (Wildman–Crippen LogP) is 15.0. The van der Waals surface area contributed by atoms with Gasteiger partial charge in [-0.3, -0.25) is 13.8 Å².